The number of allylic oxidation sites excluding steroid dienone is 1. The smallest absolute Gasteiger partial charge is 0.0141 e. The lowest BCUT2D eigenvalue weighted by Gasteiger charge is -2.21. The highest BCUT2D eigenvalue weighted by molar-refractivity contribution is 5.08. The van der Waals surface area contributed by atoms with Gasteiger partial charge in [-0.15, -0.1) is 6.58 Å². The summed E-state index contributed by atoms with van der Waals surface area (Å²) >= 11 is 0. The standard InChI is InChI=1S/C14H25N/c1-4-15-14(10-12(2)3)11-13-8-6-5-7-9-13/h8,14-15H,2,4-7,9-11H2,1,3H3. The van der Waals surface area contributed by atoms with E-state index in [1.165, 1.54) is 37.7 Å². The van der Waals surface area contributed by atoms with Crippen molar-refractivity contribution in [2.45, 2.75) is 58.4 Å². The van der Waals surface area contributed by atoms with Crippen molar-refractivity contribution in [1.29, 1.82) is 0 Å². The fraction of sp³-hybridized carbons (Fsp3) is 0.714. The number of hydrogen-bond acceptors (Lipinski definition) is 1. The van der Waals surface area contributed by atoms with E-state index in [1.807, 2.05) is 0 Å². The third-order valence-electron chi connectivity index (χ3n) is 2.98. The topological polar surface area (TPSA) is 12.0 Å². The number of nitrogens with one attached hydrogen (secondary N) is 1. The first-order valence-electron chi connectivity index (χ1n) is 6.28. The van der Waals surface area contributed by atoms with Crippen LogP contribution in [0.3, 0.4) is 0 Å². The van der Waals surface area contributed by atoms with E-state index in [0.29, 0.717) is 6.04 Å². The van der Waals surface area contributed by atoms with Crippen molar-refractivity contribution in [3.63, 3.8) is 0 Å². The Hall–Kier alpha value is -0.560. The monoisotopic (exact) mass is 207 g/mol. The minimum atomic E-state index is 0.608. The van der Waals surface area contributed by atoms with Gasteiger partial charge in [-0.25, -0.2) is 0 Å². The molecule has 86 valence electrons. The van der Waals surface area contributed by atoms with Crippen molar-refractivity contribution in [2.75, 3.05) is 6.54 Å². The zero-order chi connectivity index (χ0) is 11.1. The Morgan fingerprint density at radius 1 is 1.53 bits per heavy atom. The molecule has 1 rings (SSSR count). The van der Waals surface area contributed by atoms with E-state index in [2.05, 4.69) is 31.8 Å². The van der Waals surface area contributed by atoms with E-state index in [9.17, 15) is 0 Å². The summed E-state index contributed by atoms with van der Waals surface area (Å²) in [6.07, 6.45) is 10.2. The van der Waals surface area contributed by atoms with Gasteiger partial charge in [-0.2, -0.15) is 0 Å². The van der Waals surface area contributed by atoms with Crippen LogP contribution in [0.25, 0.3) is 0 Å². The molecule has 1 N–H and O–H groups in total. The zero-order valence-corrected chi connectivity index (χ0v) is 10.3. The van der Waals surface area contributed by atoms with E-state index >= 15 is 0 Å². The number of rotatable bonds is 6. The second-order valence-corrected chi connectivity index (χ2v) is 4.73. The van der Waals surface area contributed by atoms with E-state index in [4.69, 9.17) is 0 Å². The SMILES string of the molecule is C=C(C)CC(CC1=CCCCC1)NCC. The van der Waals surface area contributed by atoms with Gasteiger partial charge in [0.15, 0.2) is 0 Å². The average Bonchev–Trinajstić information content (AvgIpc) is 2.18. The van der Waals surface area contributed by atoms with Crippen molar-refractivity contribution >= 4 is 0 Å². The number of hydrogen-bond donors (Lipinski definition) is 1. The molecule has 0 saturated heterocycles. The van der Waals surface area contributed by atoms with Crippen LogP contribution in [0.1, 0.15) is 52.4 Å². The van der Waals surface area contributed by atoms with Gasteiger partial charge in [0.05, 0.1) is 0 Å². The molecule has 1 nitrogen and oxygen atoms in total. The van der Waals surface area contributed by atoms with Gasteiger partial charge in [-0.1, -0.05) is 24.1 Å². The third-order valence-corrected chi connectivity index (χ3v) is 2.98. The van der Waals surface area contributed by atoms with Crippen LogP contribution < -0.4 is 5.32 Å². The largest absolute Gasteiger partial charge is 0.314 e. The van der Waals surface area contributed by atoms with Crippen molar-refractivity contribution < 1.29 is 0 Å². The summed E-state index contributed by atoms with van der Waals surface area (Å²) in [5.41, 5.74) is 2.95. The fourth-order valence-electron chi connectivity index (χ4n) is 2.33. The molecule has 1 heteroatoms. The molecule has 15 heavy (non-hydrogen) atoms. The van der Waals surface area contributed by atoms with Crippen LogP contribution in [0.5, 0.6) is 0 Å². The van der Waals surface area contributed by atoms with Gasteiger partial charge >= 0.3 is 0 Å². The first-order chi connectivity index (χ1) is 7.22. The first-order valence-corrected chi connectivity index (χ1v) is 6.28. The maximum absolute atomic E-state index is 4.01. The van der Waals surface area contributed by atoms with Gasteiger partial charge in [0.25, 0.3) is 0 Å². The summed E-state index contributed by atoms with van der Waals surface area (Å²) in [6.45, 7) is 9.38. The molecule has 0 saturated carbocycles. The van der Waals surface area contributed by atoms with Crippen molar-refractivity contribution in [3.05, 3.63) is 23.8 Å². The van der Waals surface area contributed by atoms with Gasteiger partial charge in [0.1, 0.15) is 0 Å². The summed E-state index contributed by atoms with van der Waals surface area (Å²) in [5.74, 6) is 0. The summed E-state index contributed by atoms with van der Waals surface area (Å²) in [6, 6.07) is 0.608. The molecule has 0 bridgehead atoms. The molecular weight excluding hydrogens is 182 g/mol. The molecule has 0 aromatic carbocycles. The molecule has 0 aromatic heterocycles. The Labute approximate surface area is 94.6 Å². The summed E-state index contributed by atoms with van der Waals surface area (Å²) in [5, 5.41) is 3.56. The molecule has 1 aliphatic rings. The predicted octanol–water partition coefficient (Wildman–Crippen LogP) is 3.82. The summed E-state index contributed by atoms with van der Waals surface area (Å²) in [4.78, 5) is 0. The molecule has 0 aliphatic heterocycles. The van der Waals surface area contributed by atoms with Crippen LogP contribution in [-0.2, 0) is 0 Å². The van der Waals surface area contributed by atoms with E-state index in [-0.39, 0.29) is 0 Å². The van der Waals surface area contributed by atoms with Crippen LogP contribution in [0.2, 0.25) is 0 Å². The molecule has 0 fully saturated rings. The summed E-state index contributed by atoms with van der Waals surface area (Å²) < 4.78 is 0. The Morgan fingerprint density at radius 3 is 2.87 bits per heavy atom. The second kappa shape index (κ2) is 6.84. The molecule has 0 heterocycles. The Balaban J connectivity index is 2.41. The zero-order valence-electron chi connectivity index (χ0n) is 10.3. The normalized spacial score (nSPS) is 18.4. The second-order valence-electron chi connectivity index (χ2n) is 4.73. The van der Waals surface area contributed by atoms with Crippen LogP contribution in [0, 0.1) is 0 Å². The maximum atomic E-state index is 4.01. The third kappa shape index (κ3) is 5.17. The van der Waals surface area contributed by atoms with Crippen molar-refractivity contribution in [2.24, 2.45) is 0 Å². The summed E-state index contributed by atoms with van der Waals surface area (Å²) in [7, 11) is 0. The highest BCUT2D eigenvalue weighted by Gasteiger charge is 2.11. The molecule has 0 radical (unpaired) electrons. The molecule has 1 atom stereocenters. The fourth-order valence-corrected chi connectivity index (χ4v) is 2.33. The molecular formula is C14H25N. The molecule has 0 spiro atoms. The predicted molar refractivity (Wildman–Crippen MR) is 68.1 cm³/mol. The molecule has 1 aliphatic carbocycles. The van der Waals surface area contributed by atoms with Crippen molar-refractivity contribution in [1.82, 2.24) is 5.32 Å². The lowest BCUT2D eigenvalue weighted by Crippen LogP contribution is -2.29. The highest BCUT2D eigenvalue weighted by Crippen LogP contribution is 2.22. The average molecular weight is 207 g/mol. The first kappa shape index (κ1) is 12.5. The van der Waals surface area contributed by atoms with Crippen LogP contribution >= 0.6 is 0 Å². The lowest BCUT2D eigenvalue weighted by molar-refractivity contribution is 0.503. The molecule has 0 amide bonds. The Morgan fingerprint density at radius 2 is 2.33 bits per heavy atom. The van der Waals surface area contributed by atoms with Crippen LogP contribution in [-0.4, -0.2) is 12.6 Å². The minimum Gasteiger partial charge on any atom is -0.314 e. The quantitative estimate of drug-likeness (QED) is 0.653. The van der Waals surface area contributed by atoms with E-state index in [1.54, 1.807) is 5.57 Å². The Kier molecular flexibility index (Phi) is 5.70. The lowest BCUT2D eigenvalue weighted by atomic mass is 9.92. The van der Waals surface area contributed by atoms with Gasteiger partial charge in [-0.05, 0) is 52.0 Å². The van der Waals surface area contributed by atoms with E-state index in [0.717, 1.165) is 13.0 Å². The van der Waals surface area contributed by atoms with Gasteiger partial charge in [-0.3, -0.25) is 0 Å². The van der Waals surface area contributed by atoms with Crippen LogP contribution in [0.4, 0.5) is 0 Å². The molecule has 1 unspecified atom stereocenters. The van der Waals surface area contributed by atoms with Crippen LogP contribution in [0.15, 0.2) is 23.8 Å². The molecule has 0 aromatic rings. The van der Waals surface area contributed by atoms with Gasteiger partial charge < -0.3 is 5.32 Å². The van der Waals surface area contributed by atoms with E-state index < -0.39 is 0 Å². The van der Waals surface area contributed by atoms with Gasteiger partial charge in [0, 0.05) is 6.04 Å². The van der Waals surface area contributed by atoms with Crippen molar-refractivity contribution in [3.8, 4) is 0 Å². The minimum absolute atomic E-state index is 0.608. The van der Waals surface area contributed by atoms with Gasteiger partial charge in [0.2, 0.25) is 0 Å². The Bertz CT molecular complexity index is 227. The highest BCUT2D eigenvalue weighted by atomic mass is 14.9. The maximum Gasteiger partial charge on any atom is 0.0141 e.